The van der Waals surface area contributed by atoms with Crippen LogP contribution in [0.4, 0.5) is 0 Å². The molecule has 6 heteroatoms. The molecule has 0 atom stereocenters. The van der Waals surface area contributed by atoms with E-state index >= 15 is 0 Å². The normalized spacial score (nSPS) is 11.0. The first kappa shape index (κ1) is 12.5. The molecule has 0 aliphatic heterocycles. The Hall–Kier alpha value is -1.53. The van der Waals surface area contributed by atoms with Gasteiger partial charge in [-0.2, -0.15) is 0 Å². The number of carbonyl (C=O) groups is 1. The van der Waals surface area contributed by atoms with Crippen LogP contribution in [0.25, 0.3) is 0 Å². The van der Waals surface area contributed by atoms with Crippen molar-refractivity contribution >= 4 is 13.3 Å². The van der Waals surface area contributed by atoms with E-state index in [0.29, 0.717) is 5.56 Å². The van der Waals surface area contributed by atoms with Crippen molar-refractivity contribution in [2.75, 3.05) is 0 Å². The van der Waals surface area contributed by atoms with E-state index in [4.69, 9.17) is 15.2 Å². The summed E-state index contributed by atoms with van der Waals surface area (Å²) in [5, 5.41) is 26.3. The van der Waals surface area contributed by atoms with E-state index < -0.39 is 18.7 Å². The van der Waals surface area contributed by atoms with Gasteiger partial charge in [-0.3, -0.25) is 4.79 Å². The lowest BCUT2D eigenvalue weighted by molar-refractivity contribution is -0.142. The Morgan fingerprint density at radius 2 is 2.00 bits per heavy atom. The third-order valence-corrected chi connectivity index (χ3v) is 2.33. The molecule has 0 saturated heterocycles. The van der Waals surface area contributed by atoms with Gasteiger partial charge in [0.2, 0.25) is 0 Å². The summed E-state index contributed by atoms with van der Waals surface area (Å²) in [6, 6.07) is 6.22. The van der Waals surface area contributed by atoms with Crippen molar-refractivity contribution < 1.29 is 24.6 Å². The molecule has 0 heterocycles. The van der Waals surface area contributed by atoms with E-state index in [2.05, 4.69) is 4.65 Å². The summed E-state index contributed by atoms with van der Waals surface area (Å²) in [5.41, 5.74) is -0.530. The minimum Gasteiger partial charge on any atom is -0.512 e. The number of carboxylic acids is 1. The lowest BCUT2D eigenvalue weighted by Gasteiger charge is -2.20. The molecule has 0 saturated carbocycles. The third-order valence-electron chi connectivity index (χ3n) is 2.33. The van der Waals surface area contributed by atoms with Crippen LogP contribution in [0, 0.1) is 0 Å². The summed E-state index contributed by atoms with van der Waals surface area (Å²) in [6.45, 7) is 3.12. The van der Waals surface area contributed by atoms with Crippen molar-refractivity contribution in [3.8, 4) is 5.75 Å². The van der Waals surface area contributed by atoms with Gasteiger partial charge in [-0.05, 0) is 31.5 Å². The molecule has 0 fully saturated rings. The van der Waals surface area contributed by atoms with Gasteiger partial charge in [-0.1, -0.05) is 12.1 Å². The van der Waals surface area contributed by atoms with E-state index in [-0.39, 0.29) is 5.75 Å². The molecule has 1 rings (SSSR count). The Labute approximate surface area is 93.5 Å². The highest BCUT2D eigenvalue weighted by atomic mass is 16.6. The zero-order chi connectivity index (χ0) is 12.3. The van der Waals surface area contributed by atoms with Crippen molar-refractivity contribution in [3.05, 3.63) is 29.8 Å². The van der Waals surface area contributed by atoms with E-state index in [1.807, 2.05) is 0 Å². The van der Waals surface area contributed by atoms with Gasteiger partial charge in [0.1, 0.15) is 5.75 Å². The highest BCUT2D eigenvalue weighted by Gasteiger charge is 2.29. The Kier molecular flexibility index (Phi) is 3.56. The van der Waals surface area contributed by atoms with Crippen LogP contribution in [0.1, 0.15) is 19.4 Å². The molecule has 5 nitrogen and oxygen atoms in total. The Morgan fingerprint density at radius 1 is 1.38 bits per heavy atom. The summed E-state index contributed by atoms with van der Waals surface area (Å²) < 4.78 is 4.65. The maximum absolute atomic E-state index is 11.0. The Bertz CT molecular complexity index is 389. The molecule has 0 unspecified atom stereocenters. The van der Waals surface area contributed by atoms with Gasteiger partial charge in [0, 0.05) is 0 Å². The smallest absolute Gasteiger partial charge is 0.512 e. The van der Waals surface area contributed by atoms with E-state index in [1.54, 1.807) is 26.0 Å². The number of hydrogen-bond donors (Lipinski definition) is 3. The van der Waals surface area contributed by atoms with Crippen molar-refractivity contribution in [2.24, 2.45) is 0 Å². The monoisotopic (exact) mass is 224 g/mol. The fraction of sp³-hybridized carbons (Fsp3) is 0.300. The molecule has 86 valence electrons. The van der Waals surface area contributed by atoms with E-state index in [0.717, 1.165) is 0 Å². The molecular weight excluding hydrogens is 211 g/mol. The summed E-state index contributed by atoms with van der Waals surface area (Å²) in [6.07, 6.45) is 0. The van der Waals surface area contributed by atoms with Crippen molar-refractivity contribution in [1.29, 1.82) is 0 Å². The maximum Gasteiger partial charge on any atom is 0.707 e. The maximum atomic E-state index is 11.0. The van der Waals surface area contributed by atoms with Crippen LogP contribution in [-0.2, 0) is 10.2 Å². The standard InChI is InChI=1S/C10H13BO5/c1-10(2,9(12)13)7-4-3-5-8(6-7)16-11(14)15/h3-6,14-15H,1-2H3,(H,12,13). The SMILES string of the molecule is CC(C)(C(=O)O)c1cccc(OB(O)O)c1. The predicted octanol–water partition coefficient (Wildman–Crippen LogP) is 0.397. The summed E-state index contributed by atoms with van der Waals surface area (Å²) in [7, 11) is -1.91. The van der Waals surface area contributed by atoms with Crippen molar-refractivity contribution in [2.45, 2.75) is 19.3 Å². The zero-order valence-electron chi connectivity index (χ0n) is 9.04. The molecule has 1 aromatic carbocycles. The van der Waals surface area contributed by atoms with Gasteiger partial charge in [0.25, 0.3) is 0 Å². The molecule has 3 N–H and O–H groups in total. The van der Waals surface area contributed by atoms with Gasteiger partial charge in [-0.25, -0.2) is 0 Å². The average molecular weight is 224 g/mol. The summed E-state index contributed by atoms with van der Waals surface area (Å²) >= 11 is 0. The first-order valence-electron chi connectivity index (χ1n) is 4.71. The molecule has 16 heavy (non-hydrogen) atoms. The Morgan fingerprint density at radius 3 is 2.50 bits per heavy atom. The quantitative estimate of drug-likeness (QED) is 0.644. The van der Waals surface area contributed by atoms with Crippen LogP contribution in [0.2, 0.25) is 0 Å². The minimum absolute atomic E-state index is 0.210. The van der Waals surface area contributed by atoms with Gasteiger partial charge >= 0.3 is 13.3 Å². The predicted molar refractivity (Wildman–Crippen MR) is 57.9 cm³/mol. The van der Waals surface area contributed by atoms with Crippen LogP contribution < -0.4 is 4.65 Å². The van der Waals surface area contributed by atoms with Crippen molar-refractivity contribution in [1.82, 2.24) is 0 Å². The number of rotatable bonds is 4. The number of aliphatic carboxylic acids is 1. The molecule has 0 bridgehead atoms. The van der Waals surface area contributed by atoms with Crippen LogP contribution >= 0.6 is 0 Å². The van der Waals surface area contributed by atoms with E-state index in [1.165, 1.54) is 12.1 Å². The molecule has 0 aliphatic carbocycles. The first-order chi connectivity index (χ1) is 7.34. The van der Waals surface area contributed by atoms with Crippen LogP contribution in [0.5, 0.6) is 5.75 Å². The zero-order valence-corrected chi connectivity index (χ0v) is 9.04. The highest BCUT2D eigenvalue weighted by Crippen LogP contribution is 2.26. The third kappa shape index (κ3) is 2.74. The van der Waals surface area contributed by atoms with Gasteiger partial charge in [-0.15, -0.1) is 0 Å². The minimum atomic E-state index is -1.91. The van der Waals surface area contributed by atoms with Crippen LogP contribution in [0.15, 0.2) is 24.3 Å². The van der Waals surface area contributed by atoms with Gasteiger partial charge in [0.15, 0.2) is 0 Å². The Balaban J connectivity index is 3.03. The van der Waals surface area contributed by atoms with Crippen molar-refractivity contribution in [3.63, 3.8) is 0 Å². The molecule has 0 spiro atoms. The second-order valence-electron chi connectivity index (χ2n) is 3.90. The fourth-order valence-corrected chi connectivity index (χ4v) is 1.20. The summed E-state index contributed by atoms with van der Waals surface area (Å²) in [5.74, 6) is -0.754. The van der Waals surface area contributed by atoms with Gasteiger partial charge < -0.3 is 19.8 Å². The largest absolute Gasteiger partial charge is 0.707 e. The van der Waals surface area contributed by atoms with Crippen LogP contribution in [-0.4, -0.2) is 28.4 Å². The second kappa shape index (κ2) is 4.55. The number of hydrogen-bond acceptors (Lipinski definition) is 4. The number of carboxylic acid groups (broad SMARTS) is 1. The topological polar surface area (TPSA) is 87.0 Å². The first-order valence-corrected chi connectivity index (χ1v) is 4.71. The van der Waals surface area contributed by atoms with Crippen LogP contribution in [0.3, 0.4) is 0 Å². The molecule has 0 aliphatic rings. The average Bonchev–Trinajstić information content (AvgIpc) is 2.16. The second-order valence-corrected chi connectivity index (χ2v) is 3.90. The highest BCUT2D eigenvalue weighted by molar-refractivity contribution is 6.33. The number of benzene rings is 1. The lowest BCUT2D eigenvalue weighted by Crippen LogP contribution is -2.28. The molecular formula is C10H13BO5. The molecule has 0 aromatic heterocycles. The molecule has 0 radical (unpaired) electrons. The molecule has 1 aromatic rings. The van der Waals surface area contributed by atoms with E-state index in [9.17, 15) is 4.79 Å². The summed E-state index contributed by atoms with van der Waals surface area (Å²) in [4.78, 5) is 11.0. The lowest BCUT2D eigenvalue weighted by atomic mass is 9.85. The molecule has 0 amide bonds. The van der Waals surface area contributed by atoms with Gasteiger partial charge in [0.05, 0.1) is 5.41 Å². The fourth-order valence-electron chi connectivity index (χ4n) is 1.20.